The predicted molar refractivity (Wildman–Crippen MR) is 107 cm³/mol. The summed E-state index contributed by atoms with van der Waals surface area (Å²) in [4.78, 5) is 15.8. The molecule has 0 bridgehead atoms. The first-order valence-electron chi connectivity index (χ1n) is 8.51. The van der Waals surface area contributed by atoms with Crippen LogP contribution >= 0.6 is 11.6 Å². The molecule has 0 unspecified atom stereocenters. The van der Waals surface area contributed by atoms with Crippen molar-refractivity contribution in [3.05, 3.63) is 75.3 Å². The van der Waals surface area contributed by atoms with Crippen LogP contribution in [-0.4, -0.2) is 29.6 Å². The minimum Gasteiger partial charge on any atom is -0.475 e. The number of aromatic amines is 1. The van der Waals surface area contributed by atoms with Crippen molar-refractivity contribution in [1.82, 2.24) is 15.2 Å². The van der Waals surface area contributed by atoms with E-state index in [9.17, 15) is 4.79 Å². The van der Waals surface area contributed by atoms with Crippen molar-refractivity contribution in [1.29, 1.82) is 0 Å². The van der Waals surface area contributed by atoms with Crippen LogP contribution in [0.15, 0.2) is 53.6 Å². The zero-order valence-corrected chi connectivity index (χ0v) is 15.4. The molecule has 0 saturated heterocycles. The fraction of sp³-hybridized carbons (Fsp3) is 0.211. The Morgan fingerprint density at radius 2 is 2.00 bits per heavy atom. The highest BCUT2D eigenvalue weighted by atomic mass is 35.5. The molecule has 0 aliphatic rings. The van der Waals surface area contributed by atoms with Crippen LogP contribution in [0.1, 0.15) is 17.5 Å². The zero-order valence-electron chi connectivity index (χ0n) is 14.6. The Balaban J connectivity index is 1.61. The maximum atomic E-state index is 11.8. The highest BCUT2D eigenvalue weighted by molar-refractivity contribution is 6.35. The normalized spacial score (nSPS) is 10.6. The van der Waals surface area contributed by atoms with Crippen LogP contribution in [0.3, 0.4) is 0 Å². The standard InChI is InChI=1S/C19H18BClN4O2/c20-16-17(23-12-14-3-1-9-22-11-14)19(25-24-18(16)26)27-10-2-4-13-5-7-15(21)8-6-13/h1,3,5-9,11H,2,4,10,12H2,(H2,23,24,26). The molecule has 0 atom stereocenters. The molecular formula is C19H18BClN4O2. The Bertz CT molecular complexity index is 933. The Kier molecular flexibility index (Phi) is 6.49. The third-order valence-electron chi connectivity index (χ3n) is 3.94. The molecule has 27 heavy (non-hydrogen) atoms. The van der Waals surface area contributed by atoms with Gasteiger partial charge in [0, 0.05) is 24.0 Å². The van der Waals surface area contributed by atoms with Gasteiger partial charge in [-0.1, -0.05) is 29.8 Å². The number of aromatic nitrogens is 3. The van der Waals surface area contributed by atoms with Crippen molar-refractivity contribution in [2.24, 2.45) is 0 Å². The largest absolute Gasteiger partial charge is 0.475 e. The van der Waals surface area contributed by atoms with Crippen molar-refractivity contribution in [2.45, 2.75) is 19.4 Å². The zero-order chi connectivity index (χ0) is 19.1. The number of halogens is 1. The van der Waals surface area contributed by atoms with Crippen molar-refractivity contribution >= 4 is 30.6 Å². The van der Waals surface area contributed by atoms with Crippen molar-refractivity contribution in [3.8, 4) is 5.88 Å². The first-order chi connectivity index (χ1) is 13.1. The molecule has 2 heterocycles. The second kappa shape index (κ2) is 9.23. The highest BCUT2D eigenvalue weighted by Gasteiger charge is 2.12. The van der Waals surface area contributed by atoms with Crippen molar-refractivity contribution in [3.63, 3.8) is 0 Å². The number of anilines is 1. The van der Waals surface area contributed by atoms with Gasteiger partial charge in [-0.3, -0.25) is 9.78 Å². The number of pyridine rings is 1. The topological polar surface area (TPSA) is 79.9 Å². The Morgan fingerprint density at radius 3 is 2.74 bits per heavy atom. The second-order valence-corrected chi connectivity index (χ2v) is 6.38. The molecule has 2 N–H and O–H groups in total. The summed E-state index contributed by atoms with van der Waals surface area (Å²) in [6.07, 6.45) is 5.05. The van der Waals surface area contributed by atoms with Gasteiger partial charge in [-0.2, -0.15) is 0 Å². The fourth-order valence-corrected chi connectivity index (χ4v) is 2.64. The second-order valence-electron chi connectivity index (χ2n) is 5.94. The Labute approximate surface area is 163 Å². The van der Waals surface area contributed by atoms with Crippen LogP contribution in [-0.2, 0) is 13.0 Å². The van der Waals surface area contributed by atoms with Gasteiger partial charge in [0.25, 0.3) is 11.4 Å². The molecule has 8 heteroatoms. The number of rotatable bonds is 8. The number of ether oxygens (including phenoxy) is 1. The molecule has 6 nitrogen and oxygen atoms in total. The molecule has 0 spiro atoms. The van der Waals surface area contributed by atoms with Gasteiger partial charge in [0.2, 0.25) is 0 Å². The summed E-state index contributed by atoms with van der Waals surface area (Å²) >= 11 is 5.89. The van der Waals surface area contributed by atoms with E-state index in [-0.39, 0.29) is 11.3 Å². The number of aryl methyl sites for hydroxylation is 1. The lowest BCUT2D eigenvalue weighted by Gasteiger charge is -2.14. The maximum absolute atomic E-state index is 11.8. The lowest BCUT2D eigenvalue weighted by atomic mass is 9.96. The molecule has 0 aliphatic carbocycles. The summed E-state index contributed by atoms with van der Waals surface area (Å²) in [6.45, 7) is 0.882. The third kappa shape index (κ3) is 5.34. The van der Waals surface area contributed by atoms with E-state index in [2.05, 4.69) is 20.5 Å². The quantitative estimate of drug-likeness (QED) is 0.463. The van der Waals surface area contributed by atoms with Crippen LogP contribution in [0, 0.1) is 0 Å². The average molecular weight is 381 g/mol. The minimum atomic E-state index is -0.461. The summed E-state index contributed by atoms with van der Waals surface area (Å²) in [5.74, 6) is 0.270. The molecule has 0 fully saturated rings. The molecule has 2 aromatic heterocycles. The van der Waals surface area contributed by atoms with E-state index in [0.717, 1.165) is 18.4 Å². The number of hydrogen-bond acceptors (Lipinski definition) is 5. The van der Waals surface area contributed by atoms with Gasteiger partial charge in [-0.25, -0.2) is 5.10 Å². The van der Waals surface area contributed by atoms with Gasteiger partial charge < -0.3 is 10.1 Å². The van der Waals surface area contributed by atoms with Gasteiger partial charge in [0.15, 0.2) is 0 Å². The van der Waals surface area contributed by atoms with E-state index in [0.29, 0.717) is 23.9 Å². The fourth-order valence-electron chi connectivity index (χ4n) is 2.51. The van der Waals surface area contributed by atoms with E-state index >= 15 is 0 Å². The van der Waals surface area contributed by atoms with E-state index in [1.54, 1.807) is 12.4 Å². The number of benzene rings is 1. The smallest absolute Gasteiger partial charge is 0.259 e. The summed E-state index contributed by atoms with van der Waals surface area (Å²) in [5, 5.41) is 10.2. The molecule has 3 rings (SSSR count). The predicted octanol–water partition coefficient (Wildman–Crippen LogP) is 2.24. The monoisotopic (exact) mass is 380 g/mol. The summed E-state index contributed by atoms with van der Waals surface area (Å²) in [6, 6.07) is 11.5. The van der Waals surface area contributed by atoms with Crippen molar-refractivity contribution < 1.29 is 4.74 Å². The molecule has 2 radical (unpaired) electrons. The molecule has 0 amide bonds. The minimum absolute atomic E-state index is 0.0431. The number of nitrogens with one attached hydrogen (secondary N) is 2. The number of nitrogens with zero attached hydrogens (tertiary/aromatic N) is 2. The maximum Gasteiger partial charge on any atom is 0.259 e. The number of hydrogen-bond donors (Lipinski definition) is 2. The van der Waals surface area contributed by atoms with Gasteiger partial charge in [0.05, 0.1) is 12.3 Å². The van der Waals surface area contributed by atoms with Crippen LogP contribution in [0.5, 0.6) is 5.88 Å². The lowest BCUT2D eigenvalue weighted by molar-refractivity contribution is 0.297. The Morgan fingerprint density at radius 1 is 1.19 bits per heavy atom. The first kappa shape index (κ1) is 19.0. The summed E-state index contributed by atoms with van der Waals surface area (Å²) in [5.41, 5.74) is 2.09. The summed E-state index contributed by atoms with van der Waals surface area (Å²) in [7, 11) is 5.90. The van der Waals surface area contributed by atoms with Crippen molar-refractivity contribution in [2.75, 3.05) is 11.9 Å². The third-order valence-corrected chi connectivity index (χ3v) is 4.19. The highest BCUT2D eigenvalue weighted by Crippen LogP contribution is 2.18. The lowest BCUT2D eigenvalue weighted by Crippen LogP contribution is -2.32. The molecule has 0 aliphatic heterocycles. The van der Waals surface area contributed by atoms with Gasteiger partial charge in [0.1, 0.15) is 7.85 Å². The molecule has 0 saturated carbocycles. The van der Waals surface area contributed by atoms with Crippen LogP contribution < -0.4 is 21.1 Å². The first-order valence-corrected chi connectivity index (χ1v) is 8.89. The van der Waals surface area contributed by atoms with E-state index in [4.69, 9.17) is 24.2 Å². The van der Waals surface area contributed by atoms with E-state index in [1.807, 2.05) is 36.4 Å². The van der Waals surface area contributed by atoms with E-state index in [1.165, 1.54) is 5.56 Å². The SMILES string of the molecule is [B]c1c(NCc2cccnc2)c(OCCCc2ccc(Cl)cc2)n[nH]c1=O. The Hall–Kier alpha value is -2.80. The molecular weight excluding hydrogens is 363 g/mol. The van der Waals surface area contributed by atoms with E-state index < -0.39 is 5.56 Å². The number of H-pyrrole nitrogens is 1. The molecule has 136 valence electrons. The van der Waals surface area contributed by atoms with Gasteiger partial charge >= 0.3 is 0 Å². The van der Waals surface area contributed by atoms with Crippen LogP contribution in [0.2, 0.25) is 5.02 Å². The molecule has 1 aromatic carbocycles. The summed E-state index contributed by atoms with van der Waals surface area (Å²) < 4.78 is 5.74. The molecule has 3 aromatic rings. The van der Waals surface area contributed by atoms with Crippen LogP contribution in [0.25, 0.3) is 0 Å². The van der Waals surface area contributed by atoms with Gasteiger partial charge in [-0.15, -0.1) is 5.10 Å². The average Bonchev–Trinajstić information content (AvgIpc) is 2.69. The van der Waals surface area contributed by atoms with Gasteiger partial charge in [-0.05, 0) is 47.6 Å². The van der Waals surface area contributed by atoms with Crippen LogP contribution in [0.4, 0.5) is 5.69 Å².